The second-order valence-corrected chi connectivity index (χ2v) is 8.42. The number of hydrogen-bond donors (Lipinski definition) is 2. The van der Waals surface area contributed by atoms with Gasteiger partial charge in [0, 0.05) is 11.4 Å². The van der Waals surface area contributed by atoms with E-state index in [9.17, 15) is 13.2 Å². The Balaban J connectivity index is 1.63. The first-order chi connectivity index (χ1) is 14.4. The molecule has 0 heterocycles. The van der Waals surface area contributed by atoms with Gasteiger partial charge in [-0.25, -0.2) is 8.42 Å². The molecule has 0 spiro atoms. The molecule has 3 rings (SSSR count). The van der Waals surface area contributed by atoms with Gasteiger partial charge in [0.15, 0.2) is 0 Å². The number of sulfonamides is 1. The quantitative estimate of drug-likeness (QED) is 0.562. The minimum atomic E-state index is -3.74. The van der Waals surface area contributed by atoms with Crippen LogP contribution in [0, 0.1) is 6.92 Å². The van der Waals surface area contributed by atoms with Crippen molar-refractivity contribution in [2.75, 3.05) is 16.6 Å². The maximum Gasteiger partial charge on any atom is 0.261 e. The molecule has 0 aliphatic heterocycles. The van der Waals surface area contributed by atoms with Crippen molar-refractivity contribution < 1.29 is 17.9 Å². The fourth-order valence-corrected chi connectivity index (χ4v) is 3.96. The van der Waals surface area contributed by atoms with Gasteiger partial charge < -0.3 is 10.1 Å². The highest BCUT2D eigenvalue weighted by atomic mass is 32.2. The van der Waals surface area contributed by atoms with E-state index in [0.29, 0.717) is 23.7 Å². The summed E-state index contributed by atoms with van der Waals surface area (Å²) in [5.74, 6) is 0.513. The molecule has 7 heteroatoms. The molecule has 30 heavy (non-hydrogen) atoms. The van der Waals surface area contributed by atoms with Crippen molar-refractivity contribution in [2.24, 2.45) is 0 Å². The smallest absolute Gasteiger partial charge is 0.261 e. The predicted molar refractivity (Wildman–Crippen MR) is 118 cm³/mol. The van der Waals surface area contributed by atoms with Crippen LogP contribution in [0.2, 0.25) is 0 Å². The standard InChI is InChI=1S/C23H24N2O4S/c1-3-29-21-12-8-20(9-13-21)25-30(27,28)22-14-10-19(11-15-22)24-23(26)16-18-7-5-4-6-17(18)2/h4-15,25H,3,16H2,1-2H3,(H,24,26). The zero-order valence-corrected chi connectivity index (χ0v) is 17.7. The first-order valence-electron chi connectivity index (χ1n) is 9.57. The van der Waals surface area contributed by atoms with Crippen molar-refractivity contribution in [3.05, 3.63) is 83.9 Å². The highest BCUT2D eigenvalue weighted by molar-refractivity contribution is 7.92. The van der Waals surface area contributed by atoms with Gasteiger partial charge >= 0.3 is 0 Å². The molecule has 2 N–H and O–H groups in total. The second kappa shape index (κ2) is 9.45. The summed E-state index contributed by atoms with van der Waals surface area (Å²) in [6.07, 6.45) is 0.256. The molecule has 0 fully saturated rings. The molecule has 0 bridgehead atoms. The summed E-state index contributed by atoms with van der Waals surface area (Å²) < 4.78 is 33.1. The lowest BCUT2D eigenvalue weighted by Crippen LogP contribution is -2.16. The maximum atomic E-state index is 12.6. The lowest BCUT2D eigenvalue weighted by atomic mass is 10.1. The van der Waals surface area contributed by atoms with E-state index in [2.05, 4.69) is 10.0 Å². The fraction of sp³-hybridized carbons (Fsp3) is 0.174. The Labute approximate surface area is 177 Å². The number of carbonyl (C=O) groups is 1. The SMILES string of the molecule is CCOc1ccc(NS(=O)(=O)c2ccc(NC(=O)Cc3ccccc3C)cc2)cc1. The third kappa shape index (κ3) is 5.61. The average Bonchev–Trinajstić information content (AvgIpc) is 2.72. The largest absolute Gasteiger partial charge is 0.494 e. The lowest BCUT2D eigenvalue weighted by molar-refractivity contribution is -0.115. The molecule has 3 aromatic carbocycles. The van der Waals surface area contributed by atoms with Crippen LogP contribution in [0.4, 0.5) is 11.4 Å². The first-order valence-corrected chi connectivity index (χ1v) is 11.1. The van der Waals surface area contributed by atoms with Crippen LogP contribution >= 0.6 is 0 Å². The number of carbonyl (C=O) groups excluding carboxylic acids is 1. The summed E-state index contributed by atoms with van der Waals surface area (Å²) >= 11 is 0. The molecule has 0 aromatic heterocycles. The van der Waals surface area contributed by atoms with Crippen molar-refractivity contribution in [2.45, 2.75) is 25.2 Å². The molecule has 1 amide bonds. The third-order valence-corrected chi connectivity index (χ3v) is 5.88. The maximum absolute atomic E-state index is 12.6. The van der Waals surface area contributed by atoms with E-state index < -0.39 is 10.0 Å². The number of amides is 1. The zero-order chi connectivity index (χ0) is 21.6. The van der Waals surface area contributed by atoms with E-state index in [1.54, 1.807) is 36.4 Å². The Hall–Kier alpha value is -3.32. The van der Waals surface area contributed by atoms with Crippen LogP contribution < -0.4 is 14.8 Å². The molecule has 0 unspecified atom stereocenters. The van der Waals surface area contributed by atoms with E-state index in [1.807, 2.05) is 38.1 Å². The van der Waals surface area contributed by atoms with E-state index in [0.717, 1.165) is 11.1 Å². The van der Waals surface area contributed by atoms with E-state index in [4.69, 9.17) is 4.74 Å². The molecule has 6 nitrogen and oxygen atoms in total. The van der Waals surface area contributed by atoms with Crippen LogP contribution in [0.15, 0.2) is 77.7 Å². The number of hydrogen-bond acceptors (Lipinski definition) is 4. The van der Waals surface area contributed by atoms with Gasteiger partial charge in [-0.2, -0.15) is 0 Å². The molecule has 156 valence electrons. The van der Waals surface area contributed by atoms with Gasteiger partial charge in [-0.3, -0.25) is 9.52 Å². The normalized spacial score (nSPS) is 11.0. The summed E-state index contributed by atoms with van der Waals surface area (Å²) in [6.45, 7) is 4.38. The number of benzene rings is 3. The van der Waals surface area contributed by atoms with Gasteiger partial charge in [-0.05, 0) is 73.5 Å². The van der Waals surface area contributed by atoms with Gasteiger partial charge in [-0.1, -0.05) is 24.3 Å². The summed E-state index contributed by atoms with van der Waals surface area (Å²) in [6, 6.07) is 20.4. The van der Waals surface area contributed by atoms with Gasteiger partial charge in [0.25, 0.3) is 10.0 Å². The van der Waals surface area contributed by atoms with Gasteiger partial charge in [0.2, 0.25) is 5.91 Å². The Morgan fingerprint density at radius 3 is 2.17 bits per heavy atom. The predicted octanol–water partition coefficient (Wildman–Crippen LogP) is 4.38. The van der Waals surface area contributed by atoms with E-state index in [1.165, 1.54) is 12.1 Å². The van der Waals surface area contributed by atoms with Gasteiger partial charge in [0.05, 0.1) is 17.9 Å². The second-order valence-electron chi connectivity index (χ2n) is 6.74. The molecule has 0 saturated heterocycles. The van der Waals surface area contributed by atoms with Crippen LogP contribution in [0.3, 0.4) is 0 Å². The molecule has 0 aliphatic rings. The molecule has 0 atom stereocenters. The van der Waals surface area contributed by atoms with Crippen molar-refractivity contribution in [1.82, 2.24) is 0 Å². The average molecular weight is 425 g/mol. The Morgan fingerprint density at radius 1 is 0.900 bits per heavy atom. The van der Waals surface area contributed by atoms with E-state index in [-0.39, 0.29) is 17.2 Å². The molecule has 0 aliphatic carbocycles. The van der Waals surface area contributed by atoms with E-state index >= 15 is 0 Å². The Bertz CT molecular complexity index is 1110. The first kappa shape index (κ1) is 21.4. The molecular formula is C23H24N2O4S. The number of nitrogens with one attached hydrogen (secondary N) is 2. The van der Waals surface area contributed by atoms with Crippen LogP contribution in [-0.4, -0.2) is 20.9 Å². The molecular weight excluding hydrogens is 400 g/mol. The van der Waals surface area contributed by atoms with Gasteiger partial charge in [-0.15, -0.1) is 0 Å². The Kier molecular flexibility index (Phi) is 6.74. The minimum Gasteiger partial charge on any atom is -0.494 e. The minimum absolute atomic E-state index is 0.105. The monoisotopic (exact) mass is 424 g/mol. The summed E-state index contributed by atoms with van der Waals surface area (Å²) in [7, 11) is -3.74. The number of anilines is 2. The highest BCUT2D eigenvalue weighted by Crippen LogP contribution is 2.21. The zero-order valence-electron chi connectivity index (χ0n) is 16.9. The summed E-state index contributed by atoms with van der Waals surface area (Å²) in [5, 5.41) is 2.80. The van der Waals surface area contributed by atoms with Crippen LogP contribution in [0.25, 0.3) is 0 Å². The van der Waals surface area contributed by atoms with Gasteiger partial charge in [0.1, 0.15) is 5.75 Å². The Morgan fingerprint density at radius 2 is 1.53 bits per heavy atom. The summed E-state index contributed by atoms with van der Waals surface area (Å²) in [4.78, 5) is 12.4. The van der Waals surface area contributed by atoms with Crippen LogP contribution in [0.1, 0.15) is 18.1 Å². The highest BCUT2D eigenvalue weighted by Gasteiger charge is 2.15. The molecule has 3 aromatic rings. The van der Waals surface area contributed by atoms with Crippen molar-refractivity contribution >= 4 is 27.3 Å². The molecule has 0 radical (unpaired) electrons. The molecule has 0 saturated carbocycles. The fourth-order valence-electron chi connectivity index (χ4n) is 2.90. The lowest BCUT2D eigenvalue weighted by Gasteiger charge is -2.11. The number of ether oxygens (including phenoxy) is 1. The third-order valence-electron chi connectivity index (χ3n) is 4.48. The summed E-state index contributed by atoms with van der Waals surface area (Å²) in [5.41, 5.74) is 2.98. The van der Waals surface area contributed by atoms with Crippen LogP contribution in [0.5, 0.6) is 5.75 Å². The van der Waals surface area contributed by atoms with Crippen molar-refractivity contribution in [1.29, 1.82) is 0 Å². The topological polar surface area (TPSA) is 84.5 Å². The van der Waals surface area contributed by atoms with Crippen molar-refractivity contribution in [3.8, 4) is 5.75 Å². The van der Waals surface area contributed by atoms with Crippen LogP contribution in [-0.2, 0) is 21.2 Å². The number of aryl methyl sites for hydroxylation is 1. The number of rotatable bonds is 8. The van der Waals surface area contributed by atoms with Crippen molar-refractivity contribution in [3.63, 3.8) is 0 Å².